The van der Waals surface area contributed by atoms with E-state index in [2.05, 4.69) is 64.1 Å². The van der Waals surface area contributed by atoms with Crippen LogP contribution in [0.1, 0.15) is 55.7 Å². The lowest BCUT2D eigenvalue weighted by Gasteiger charge is -2.16. The largest absolute Gasteiger partial charge is 0.573 e. The molecule has 1 N–H and O–H groups in total. The molecule has 45 heavy (non-hydrogen) atoms. The van der Waals surface area contributed by atoms with Crippen LogP contribution in [0, 0.1) is 6.92 Å². The van der Waals surface area contributed by atoms with Crippen LogP contribution in [-0.4, -0.2) is 38.3 Å². The Morgan fingerprint density at radius 2 is 1.80 bits per heavy atom. The number of nitrogens with one attached hydrogen (secondary N) is 1. The number of thiazole rings is 1. The molecule has 1 unspecified atom stereocenters. The first-order chi connectivity index (χ1) is 21.5. The van der Waals surface area contributed by atoms with E-state index in [1.165, 1.54) is 52.2 Å². The van der Waals surface area contributed by atoms with Gasteiger partial charge < -0.3 is 10.1 Å². The standard InChI is InChI=1S/C33H33F3N6O2S/c1-5-23(19-37-31(43)39-32-41(16-17-45-32)29-18-22(4)6-15-28(29)21(2)3)24-7-9-25(10-8-24)30-38-20-42(40-30)26-11-13-27(14-12-26)44-33(34,35)36/h6-18,20-21,23H,5,19H2,1-4H3,(H,37,43). The first-order valence-electron chi connectivity index (χ1n) is 14.5. The molecule has 0 spiro atoms. The summed E-state index contributed by atoms with van der Waals surface area (Å²) in [6.07, 6.45) is -0.509. The van der Waals surface area contributed by atoms with E-state index < -0.39 is 12.4 Å². The van der Waals surface area contributed by atoms with Gasteiger partial charge in [0.25, 0.3) is 0 Å². The van der Waals surface area contributed by atoms with Gasteiger partial charge in [-0.1, -0.05) is 57.2 Å². The topological polar surface area (TPSA) is 86.3 Å². The van der Waals surface area contributed by atoms with Crippen LogP contribution in [0.15, 0.2) is 89.6 Å². The zero-order valence-electron chi connectivity index (χ0n) is 25.2. The molecule has 0 aliphatic carbocycles. The summed E-state index contributed by atoms with van der Waals surface area (Å²) >= 11 is 1.41. The number of hydrogen-bond donors (Lipinski definition) is 1. The van der Waals surface area contributed by atoms with Crippen LogP contribution in [0.4, 0.5) is 18.0 Å². The number of carbonyl (C=O) groups excluding carboxylic acids is 1. The van der Waals surface area contributed by atoms with Crippen molar-refractivity contribution >= 4 is 17.4 Å². The summed E-state index contributed by atoms with van der Waals surface area (Å²) in [5.74, 6) is 0.548. The van der Waals surface area contributed by atoms with Crippen molar-refractivity contribution in [3.63, 3.8) is 0 Å². The normalized spacial score (nSPS) is 12.8. The van der Waals surface area contributed by atoms with Gasteiger partial charge >= 0.3 is 12.4 Å². The zero-order chi connectivity index (χ0) is 32.1. The number of carbonyl (C=O) groups is 1. The van der Waals surface area contributed by atoms with Crippen LogP contribution >= 0.6 is 11.3 Å². The first kappa shape index (κ1) is 31.7. The van der Waals surface area contributed by atoms with Crippen molar-refractivity contribution in [3.8, 4) is 28.5 Å². The van der Waals surface area contributed by atoms with E-state index in [4.69, 9.17) is 0 Å². The molecule has 5 aromatic rings. The lowest BCUT2D eigenvalue weighted by atomic mass is 9.95. The highest BCUT2D eigenvalue weighted by atomic mass is 32.1. The average molecular weight is 635 g/mol. The molecule has 5 rings (SSSR count). The van der Waals surface area contributed by atoms with Gasteiger partial charge in [0.1, 0.15) is 12.1 Å². The molecule has 2 heterocycles. The van der Waals surface area contributed by atoms with Crippen LogP contribution in [0.2, 0.25) is 0 Å². The summed E-state index contributed by atoms with van der Waals surface area (Å²) in [4.78, 5) is 22.3. The third-order valence-corrected chi connectivity index (χ3v) is 8.07. The summed E-state index contributed by atoms with van der Waals surface area (Å²) in [6.45, 7) is 8.83. The fourth-order valence-corrected chi connectivity index (χ4v) is 5.66. The molecule has 0 bridgehead atoms. The third kappa shape index (κ3) is 7.88. The number of alkyl halides is 3. The Bertz CT molecular complexity index is 1820. The molecule has 234 valence electrons. The molecule has 3 aromatic carbocycles. The highest BCUT2D eigenvalue weighted by molar-refractivity contribution is 7.07. The van der Waals surface area contributed by atoms with Gasteiger partial charge in [0.15, 0.2) is 10.6 Å². The van der Waals surface area contributed by atoms with Gasteiger partial charge in [-0.15, -0.1) is 29.6 Å². The second-order valence-corrected chi connectivity index (χ2v) is 11.7. The Morgan fingerprint density at radius 3 is 2.47 bits per heavy atom. The predicted octanol–water partition coefficient (Wildman–Crippen LogP) is 7.92. The molecule has 8 nitrogen and oxygen atoms in total. The van der Waals surface area contributed by atoms with E-state index in [1.54, 1.807) is 0 Å². The van der Waals surface area contributed by atoms with E-state index in [0.29, 0.717) is 28.8 Å². The van der Waals surface area contributed by atoms with Crippen LogP contribution in [-0.2, 0) is 0 Å². The maximum Gasteiger partial charge on any atom is 0.573 e. The highest BCUT2D eigenvalue weighted by Crippen LogP contribution is 2.26. The molecule has 2 amide bonds. The maximum atomic E-state index is 12.9. The number of rotatable bonds is 9. The Morgan fingerprint density at radius 1 is 1.07 bits per heavy atom. The molecule has 2 aromatic heterocycles. The van der Waals surface area contributed by atoms with E-state index >= 15 is 0 Å². The highest BCUT2D eigenvalue weighted by Gasteiger charge is 2.31. The quantitative estimate of drug-likeness (QED) is 0.179. The van der Waals surface area contributed by atoms with Gasteiger partial charge in [0.2, 0.25) is 0 Å². The van der Waals surface area contributed by atoms with E-state index in [-0.39, 0.29) is 11.7 Å². The van der Waals surface area contributed by atoms with Gasteiger partial charge in [-0.25, -0.2) is 14.5 Å². The number of hydrogen-bond acceptors (Lipinski definition) is 5. The predicted molar refractivity (Wildman–Crippen MR) is 168 cm³/mol. The van der Waals surface area contributed by atoms with Crippen LogP contribution in [0.3, 0.4) is 0 Å². The zero-order valence-corrected chi connectivity index (χ0v) is 26.1. The fourth-order valence-electron chi connectivity index (χ4n) is 4.95. The molecule has 0 fully saturated rings. The van der Waals surface area contributed by atoms with Crippen LogP contribution in [0.25, 0.3) is 22.8 Å². The third-order valence-electron chi connectivity index (χ3n) is 7.31. The molecular formula is C33H33F3N6O2S. The molecule has 0 radical (unpaired) electrons. The number of aromatic nitrogens is 4. The number of nitrogens with zero attached hydrogens (tertiary/aromatic N) is 5. The van der Waals surface area contributed by atoms with Crippen molar-refractivity contribution in [2.45, 2.75) is 52.3 Å². The SMILES string of the molecule is CCC(CNC(=O)N=c1sccn1-c1cc(C)ccc1C(C)C)c1ccc(-c2ncn(-c3ccc(OC(F)(F)F)cc3)n2)cc1. The number of halogens is 3. The minimum Gasteiger partial charge on any atom is -0.406 e. The second-order valence-electron chi connectivity index (χ2n) is 10.9. The molecule has 0 saturated heterocycles. The number of amides is 2. The van der Waals surface area contributed by atoms with Crippen molar-refractivity contribution in [2.24, 2.45) is 4.99 Å². The monoisotopic (exact) mass is 634 g/mol. The Labute approximate surface area is 262 Å². The van der Waals surface area contributed by atoms with Crippen LogP contribution in [0.5, 0.6) is 5.75 Å². The number of aryl methyl sites for hydroxylation is 1. The molecule has 12 heteroatoms. The van der Waals surface area contributed by atoms with Gasteiger partial charge in [0.05, 0.1) is 11.4 Å². The van der Waals surface area contributed by atoms with Gasteiger partial charge in [-0.05, 0) is 66.3 Å². The van der Waals surface area contributed by atoms with Gasteiger partial charge in [-0.3, -0.25) is 4.57 Å². The van der Waals surface area contributed by atoms with Crippen molar-refractivity contribution in [2.75, 3.05) is 6.54 Å². The van der Waals surface area contributed by atoms with E-state index in [9.17, 15) is 18.0 Å². The molecule has 0 aliphatic rings. The summed E-state index contributed by atoms with van der Waals surface area (Å²) in [6, 6.07) is 19.1. The Balaban J connectivity index is 1.24. The number of urea groups is 1. The van der Waals surface area contributed by atoms with Crippen LogP contribution < -0.4 is 14.9 Å². The van der Waals surface area contributed by atoms with E-state index in [1.807, 2.05) is 47.3 Å². The number of ether oxygens (including phenoxy) is 1. The molecule has 1 atom stereocenters. The minimum absolute atomic E-state index is 0.0703. The fraction of sp³-hybridized carbons (Fsp3) is 0.273. The maximum absolute atomic E-state index is 12.9. The smallest absolute Gasteiger partial charge is 0.406 e. The Hall–Kier alpha value is -4.71. The Kier molecular flexibility index (Phi) is 9.52. The van der Waals surface area contributed by atoms with E-state index in [0.717, 1.165) is 28.8 Å². The molecule has 0 aliphatic heterocycles. The van der Waals surface area contributed by atoms with Crippen molar-refractivity contribution in [1.82, 2.24) is 24.6 Å². The lowest BCUT2D eigenvalue weighted by Crippen LogP contribution is -2.28. The summed E-state index contributed by atoms with van der Waals surface area (Å²) in [5, 5.41) is 9.36. The first-order valence-corrected chi connectivity index (χ1v) is 15.4. The van der Waals surface area contributed by atoms with Gasteiger partial charge in [-0.2, -0.15) is 4.99 Å². The van der Waals surface area contributed by atoms with Crippen molar-refractivity contribution in [1.29, 1.82) is 0 Å². The number of benzene rings is 3. The summed E-state index contributed by atoms with van der Waals surface area (Å²) < 4.78 is 44.7. The molecule has 0 saturated carbocycles. The second kappa shape index (κ2) is 13.5. The minimum atomic E-state index is -4.75. The van der Waals surface area contributed by atoms with Crippen molar-refractivity contribution < 1.29 is 22.7 Å². The molecular weight excluding hydrogens is 601 g/mol. The average Bonchev–Trinajstić information content (AvgIpc) is 3.68. The summed E-state index contributed by atoms with van der Waals surface area (Å²) in [5.41, 5.74) is 5.72. The lowest BCUT2D eigenvalue weighted by molar-refractivity contribution is -0.274. The summed E-state index contributed by atoms with van der Waals surface area (Å²) in [7, 11) is 0. The van der Waals surface area contributed by atoms with Crippen molar-refractivity contribution in [3.05, 3.63) is 106 Å². The van der Waals surface area contributed by atoms with Gasteiger partial charge in [0, 0.05) is 29.6 Å².